The van der Waals surface area contributed by atoms with Crippen LogP contribution in [0, 0.1) is 20.8 Å². The van der Waals surface area contributed by atoms with Crippen LogP contribution >= 0.6 is 23.1 Å². The first kappa shape index (κ1) is 24.3. The lowest BCUT2D eigenvalue weighted by molar-refractivity contribution is -0.116. The lowest BCUT2D eigenvalue weighted by atomic mass is 10.0. The number of aromatic nitrogens is 4. The molecule has 0 aliphatic carbocycles. The summed E-state index contributed by atoms with van der Waals surface area (Å²) in [6, 6.07) is 18.5. The lowest BCUT2D eigenvalue weighted by Gasteiger charge is -2.21. The van der Waals surface area contributed by atoms with Crippen molar-refractivity contribution in [3.63, 3.8) is 0 Å². The molecule has 184 valence electrons. The van der Waals surface area contributed by atoms with Crippen molar-refractivity contribution in [3.8, 4) is 17.2 Å². The highest BCUT2D eigenvalue weighted by molar-refractivity contribution is 7.99. The Bertz CT molecular complexity index is 1520. The van der Waals surface area contributed by atoms with Gasteiger partial charge in [0.05, 0.1) is 27.4 Å². The summed E-state index contributed by atoms with van der Waals surface area (Å²) in [6.07, 6.45) is 0. The third-order valence-electron chi connectivity index (χ3n) is 6.40. The molecule has 5 rings (SSSR count). The van der Waals surface area contributed by atoms with Gasteiger partial charge < -0.3 is 9.47 Å². The van der Waals surface area contributed by atoms with Crippen LogP contribution in [-0.4, -0.2) is 37.5 Å². The molecule has 0 aliphatic heterocycles. The van der Waals surface area contributed by atoms with Crippen LogP contribution < -0.4 is 4.90 Å². The molecule has 0 spiro atoms. The van der Waals surface area contributed by atoms with Crippen molar-refractivity contribution in [2.45, 2.75) is 32.9 Å². The van der Waals surface area contributed by atoms with Crippen LogP contribution in [-0.2, 0) is 11.8 Å². The molecular weight excluding hydrogens is 486 g/mol. The molecule has 0 N–H and O–H groups in total. The van der Waals surface area contributed by atoms with E-state index >= 15 is 0 Å². The molecule has 5 aromatic rings. The van der Waals surface area contributed by atoms with Gasteiger partial charge in [0.15, 0.2) is 11.0 Å². The Morgan fingerprint density at radius 3 is 2.42 bits per heavy atom. The SMILES string of the molecule is CCN(C(=O)CSc1nnc(-c2cc3sccc3n2C)n1-c1c(C)cc(C)cc1C)c1ccccc1. The number of benzene rings is 2. The Balaban J connectivity index is 1.56. The summed E-state index contributed by atoms with van der Waals surface area (Å²) in [6.45, 7) is 8.96. The summed E-state index contributed by atoms with van der Waals surface area (Å²) in [5.74, 6) is 1.09. The second-order valence-electron chi connectivity index (χ2n) is 8.91. The Labute approximate surface area is 219 Å². The molecule has 0 saturated carbocycles. The minimum Gasteiger partial charge on any atom is -0.340 e. The number of hydrogen-bond acceptors (Lipinski definition) is 5. The van der Waals surface area contributed by atoms with Crippen molar-refractivity contribution in [3.05, 3.63) is 76.7 Å². The number of fused-ring (bicyclic) bond motifs is 1. The van der Waals surface area contributed by atoms with Gasteiger partial charge in [-0.25, -0.2) is 0 Å². The van der Waals surface area contributed by atoms with E-state index < -0.39 is 0 Å². The quantitative estimate of drug-likeness (QED) is 0.230. The maximum atomic E-state index is 13.2. The van der Waals surface area contributed by atoms with E-state index in [1.54, 1.807) is 11.3 Å². The van der Waals surface area contributed by atoms with Crippen molar-refractivity contribution in [1.29, 1.82) is 0 Å². The van der Waals surface area contributed by atoms with Gasteiger partial charge in [-0.05, 0) is 68.5 Å². The minimum atomic E-state index is 0.0431. The third kappa shape index (κ3) is 4.35. The summed E-state index contributed by atoms with van der Waals surface area (Å²) in [4.78, 5) is 15.0. The second-order valence-corrected chi connectivity index (χ2v) is 10.8. The number of nitrogens with zero attached hydrogens (tertiary/aromatic N) is 5. The minimum absolute atomic E-state index is 0.0431. The number of anilines is 1. The Morgan fingerprint density at radius 1 is 1.03 bits per heavy atom. The fourth-order valence-electron chi connectivity index (χ4n) is 4.84. The van der Waals surface area contributed by atoms with Crippen molar-refractivity contribution >= 4 is 44.9 Å². The van der Waals surface area contributed by atoms with Gasteiger partial charge in [-0.2, -0.15) is 0 Å². The van der Waals surface area contributed by atoms with E-state index in [1.165, 1.54) is 27.5 Å². The van der Waals surface area contributed by atoms with Crippen LogP contribution in [0.25, 0.3) is 27.4 Å². The molecule has 36 heavy (non-hydrogen) atoms. The zero-order valence-corrected chi connectivity index (χ0v) is 22.8. The summed E-state index contributed by atoms with van der Waals surface area (Å²) >= 11 is 3.15. The zero-order valence-electron chi connectivity index (χ0n) is 21.1. The van der Waals surface area contributed by atoms with Crippen molar-refractivity contribution in [2.24, 2.45) is 7.05 Å². The zero-order chi connectivity index (χ0) is 25.4. The third-order valence-corrected chi connectivity index (χ3v) is 8.16. The maximum absolute atomic E-state index is 13.2. The fourth-order valence-corrected chi connectivity index (χ4v) is 6.50. The summed E-state index contributed by atoms with van der Waals surface area (Å²) in [5, 5.41) is 12.1. The molecule has 1 amide bonds. The normalized spacial score (nSPS) is 11.4. The lowest BCUT2D eigenvalue weighted by Crippen LogP contribution is -2.32. The molecule has 0 saturated heterocycles. The summed E-state index contributed by atoms with van der Waals surface area (Å²) in [7, 11) is 2.06. The number of thioether (sulfide) groups is 1. The van der Waals surface area contributed by atoms with Gasteiger partial charge in [0.1, 0.15) is 0 Å². The Hall–Kier alpha value is -3.36. The predicted octanol–water partition coefficient (Wildman–Crippen LogP) is 6.56. The number of para-hydroxylation sites is 1. The fraction of sp³-hybridized carbons (Fsp3) is 0.250. The topological polar surface area (TPSA) is 56.0 Å². The van der Waals surface area contributed by atoms with E-state index in [0.29, 0.717) is 11.7 Å². The first-order valence-corrected chi connectivity index (χ1v) is 13.8. The number of thiophene rings is 1. The molecule has 0 bridgehead atoms. The number of carbonyl (C=O) groups excluding carboxylic acids is 1. The Morgan fingerprint density at radius 2 is 1.75 bits per heavy atom. The molecule has 8 heteroatoms. The molecule has 0 fully saturated rings. The van der Waals surface area contributed by atoms with E-state index in [2.05, 4.69) is 76.8 Å². The van der Waals surface area contributed by atoms with Crippen LogP contribution in [0.1, 0.15) is 23.6 Å². The van der Waals surface area contributed by atoms with Gasteiger partial charge in [-0.15, -0.1) is 21.5 Å². The number of rotatable bonds is 7. The van der Waals surface area contributed by atoms with Gasteiger partial charge in [0, 0.05) is 19.3 Å². The van der Waals surface area contributed by atoms with Crippen molar-refractivity contribution in [2.75, 3.05) is 17.2 Å². The highest BCUT2D eigenvalue weighted by Crippen LogP contribution is 2.35. The summed E-state index contributed by atoms with van der Waals surface area (Å²) in [5.41, 5.74) is 7.66. The highest BCUT2D eigenvalue weighted by Gasteiger charge is 2.24. The van der Waals surface area contributed by atoms with Gasteiger partial charge >= 0.3 is 0 Å². The van der Waals surface area contributed by atoms with E-state index in [1.807, 2.05) is 42.2 Å². The number of carbonyl (C=O) groups is 1. The molecule has 3 heterocycles. The maximum Gasteiger partial charge on any atom is 0.237 e. The summed E-state index contributed by atoms with van der Waals surface area (Å²) < 4.78 is 5.50. The van der Waals surface area contributed by atoms with Crippen LogP contribution in [0.15, 0.2) is 65.1 Å². The van der Waals surface area contributed by atoms with Crippen LogP contribution in [0.4, 0.5) is 5.69 Å². The standard InChI is InChI=1S/C28H29N5OS2/c1-6-32(21-10-8-7-9-11-21)25(34)17-36-28-30-29-27(23-16-24-22(31(23)5)12-13-35-24)33(28)26-19(3)14-18(2)15-20(26)4/h7-16H,6,17H2,1-5H3. The van der Waals surface area contributed by atoms with E-state index in [9.17, 15) is 4.79 Å². The molecule has 2 aromatic carbocycles. The second kappa shape index (κ2) is 9.95. The highest BCUT2D eigenvalue weighted by atomic mass is 32.2. The van der Waals surface area contributed by atoms with E-state index in [-0.39, 0.29) is 11.7 Å². The van der Waals surface area contributed by atoms with Gasteiger partial charge in [0.2, 0.25) is 5.91 Å². The number of hydrogen-bond donors (Lipinski definition) is 0. The average molecular weight is 516 g/mol. The first-order chi connectivity index (χ1) is 17.4. The molecule has 0 radical (unpaired) electrons. The smallest absolute Gasteiger partial charge is 0.237 e. The average Bonchev–Trinajstić information content (AvgIpc) is 3.55. The molecular formula is C28H29N5OS2. The van der Waals surface area contributed by atoms with E-state index in [4.69, 9.17) is 0 Å². The molecule has 0 unspecified atom stereocenters. The monoisotopic (exact) mass is 515 g/mol. The van der Waals surface area contributed by atoms with Gasteiger partial charge in [-0.3, -0.25) is 9.36 Å². The van der Waals surface area contributed by atoms with E-state index in [0.717, 1.165) is 34.0 Å². The first-order valence-electron chi connectivity index (χ1n) is 11.9. The van der Waals surface area contributed by atoms with Crippen LogP contribution in [0.5, 0.6) is 0 Å². The van der Waals surface area contributed by atoms with Gasteiger partial charge in [-0.1, -0.05) is 47.7 Å². The largest absolute Gasteiger partial charge is 0.340 e. The molecule has 0 aliphatic rings. The number of aryl methyl sites for hydroxylation is 4. The van der Waals surface area contributed by atoms with Crippen molar-refractivity contribution < 1.29 is 4.79 Å². The predicted molar refractivity (Wildman–Crippen MR) is 151 cm³/mol. The van der Waals surface area contributed by atoms with Gasteiger partial charge in [0.25, 0.3) is 0 Å². The molecule has 3 aromatic heterocycles. The Kier molecular flexibility index (Phi) is 6.73. The molecule has 6 nitrogen and oxygen atoms in total. The van der Waals surface area contributed by atoms with Crippen LogP contribution in [0.2, 0.25) is 0 Å². The van der Waals surface area contributed by atoms with Crippen molar-refractivity contribution in [1.82, 2.24) is 19.3 Å². The number of amides is 1. The van der Waals surface area contributed by atoms with Crippen LogP contribution in [0.3, 0.4) is 0 Å². The molecule has 0 atom stereocenters.